The molecule has 0 amide bonds. The molecule has 0 radical (unpaired) electrons. The fraction of sp³-hybridized carbons (Fsp3) is 0.211. The number of fused-ring (bicyclic) bond motifs is 3. The second kappa shape index (κ2) is 15.5. The number of nitrogens with two attached hydrogens (primary N) is 3. The molecule has 3 heterocycles. The Labute approximate surface area is 384 Å². The van der Waals surface area contributed by atoms with Crippen molar-refractivity contribution in [2.24, 2.45) is 17.2 Å². The summed E-state index contributed by atoms with van der Waals surface area (Å²) in [6, 6.07) is 53.5. The molecule has 3 aromatic heterocycles. The molecule has 9 aromatic rings. The number of rotatable bonds is 3. The van der Waals surface area contributed by atoms with Crippen molar-refractivity contribution in [3.05, 3.63) is 269 Å². The molecule has 6 unspecified atom stereocenters. The molecular formula is C57H51N9. The van der Waals surface area contributed by atoms with E-state index in [0.29, 0.717) is 17.8 Å². The van der Waals surface area contributed by atoms with Crippen molar-refractivity contribution >= 4 is 0 Å². The van der Waals surface area contributed by atoms with Gasteiger partial charge in [0.25, 0.3) is 0 Å². The van der Waals surface area contributed by atoms with E-state index in [4.69, 9.17) is 17.2 Å². The summed E-state index contributed by atoms with van der Waals surface area (Å²) in [6.45, 7) is 0. The lowest BCUT2D eigenvalue weighted by Gasteiger charge is -2.51. The van der Waals surface area contributed by atoms with Gasteiger partial charge in [0.05, 0.1) is 37.1 Å². The first-order valence-corrected chi connectivity index (χ1v) is 23.3. The van der Waals surface area contributed by atoms with Crippen molar-refractivity contribution in [3.63, 3.8) is 0 Å². The molecule has 0 spiro atoms. The molecule has 9 heteroatoms. The lowest BCUT2D eigenvalue weighted by atomic mass is 9.59. The highest BCUT2D eigenvalue weighted by molar-refractivity contribution is 5.61. The van der Waals surface area contributed by atoms with Gasteiger partial charge in [-0.15, -0.1) is 0 Å². The average molecular weight is 862 g/mol. The summed E-state index contributed by atoms with van der Waals surface area (Å²) >= 11 is 0. The molecule has 0 saturated carbocycles. The van der Waals surface area contributed by atoms with Gasteiger partial charge in [0.1, 0.15) is 0 Å². The van der Waals surface area contributed by atoms with Gasteiger partial charge in [-0.3, -0.25) is 0 Å². The number of aromatic nitrogens is 6. The second-order valence-electron chi connectivity index (χ2n) is 18.9. The van der Waals surface area contributed by atoms with Gasteiger partial charge in [0.2, 0.25) is 0 Å². The normalized spacial score (nSPS) is 28.2. The molecule has 0 saturated heterocycles. The number of hydrogen-bond donors (Lipinski definition) is 3. The van der Waals surface area contributed by atoms with Gasteiger partial charge < -0.3 is 30.9 Å². The predicted octanol–water partition coefficient (Wildman–Crippen LogP) is 9.13. The van der Waals surface area contributed by atoms with E-state index in [1.807, 2.05) is 43.8 Å². The Morgan fingerprint density at radius 3 is 0.727 bits per heavy atom. The zero-order valence-corrected chi connectivity index (χ0v) is 36.4. The zero-order valence-electron chi connectivity index (χ0n) is 36.4. The summed E-state index contributed by atoms with van der Waals surface area (Å²) in [5, 5.41) is 0. The highest BCUT2D eigenvalue weighted by Gasteiger charge is 2.52. The van der Waals surface area contributed by atoms with E-state index < -0.39 is 0 Å². The van der Waals surface area contributed by atoms with E-state index in [1.165, 1.54) is 66.8 Å². The standard InChI is InChI=1S/C22H18N4.C19H17N3.C16H16N2/c1-2-6-16-15(5-1)19-17-7-3-4-8-18(17)20(16)22(26-12-10-24-14-26)21(19)25-11-9-23-13-25;20-18-16-12-5-1-3-7-14(12)17(15-8-4-2-6-13(15)16)19(18)22-10-9-21-11-22;17-15-13-9-5-1-2-6-10(9)14(16(15)18)12-8-4-3-7-11(12)13/h1-14,19-22H;1-11,16-19H,20H2;1-8,13-16H,17-18H2. The summed E-state index contributed by atoms with van der Waals surface area (Å²) in [6.07, 6.45) is 17.7. The molecule has 0 aliphatic heterocycles. The molecule has 6 bridgehead atoms. The van der Waals surface area contributed by atoms with Gasteiger partial charge >= 0.3 is 0 Å². The first-order chi connectivity index (χ1) is 32.6. The average Bonchev–Trinajstić information content (AvgIpc) is 4.22. The van der Waals surface area contributed by atoms with Crippen LogP contribution in [0.5, 0.6) is 0 Å². The number of nitrogens with zero attached hydrogens (tertiary/aromatic N) is 6. The maximum Gasteiger partial charge on any atom is 0.0949 e. The number of imidazole rings is 3. The minimum absolute atomic E-state index is 0.0276. The topological polar surface area (TPSA) is 132 Å². The van der Waals surface area contributed by atoms with Crippen LogP contribution in [-0.2, 0) is 0 Å². The molecule has 6 atom stereocenters. The quantitative estimate of drug-likeness (QED) is 0.163. The van der Waals surface area contributed by atoms with Crippen LogP contribution in [0.25, 0.3) is 0 Å². The van der Waals surface area contributed by atoms with Crippen LogP contribution in [0.1, 0.15) is 120 Å². The van der Waals surface area contributed by atoms with E-state index in [2.05, 4.69) is 187 Å². The minimum Gasteiger partial charge on any atom is -0.332 e. The van der Waals surface area contributed by atoms with E-state index in [1.54, 1.807) is 0 Å². The van der Waals surface area contributed by atoms with Crippen LogP contribution in [0.3, 0.4) is 0 Å². The van der Waals surface area contributed by atoms with Crippen molar-refractivity contribution in [1.29, 1.82) is 0 Å². The minimum atomic E-state index is 0.0276. The fourth-order valence-corrected chi connectivity index (χ4v) is 13.5. The molecule has 18 rings (SSSR count). The van der Waals surface area contributed by atoms with Gasteiger partial charge in [0, 0.05) is 90.8 Å². The molecule has 9 aliphatic carbocycles. The lowest BCUT2D eigenvalue weighted by Crippen LogP contribution is -2.56. The summed E-state index contributed by atoms with van der Waals surface area (Å²) in [4.78, 5) is 12.9. The Kier molecular flexibility index (Phi) is 9.20. The third kappa shape index (κ3) is 5.73. The third-order valence-electron chi connectivity index (χ3n) is 16.0. The smallest absolute Gasteiger partial charge is 0.0949 e. The Morgan fingerprint density at radius 2 is 0.485 bits per heavy atom. The van der Waals surface area contributed by atoms with E-state index in [-0.39, 0.29) is 54.0 Å². The van der Waals surface area contributed by atoms with E-state index in [9.17, 15) is 0 Å². The van der Waals surface area contributed by atoms with Gasteiger partial charge in [0.15, 0.2) is 0 Å². The first kappa shape index (κ1) is 39.2. The Hall–Kier alpha value is -7.17. The van der Waals surface area contributed by atoms with Crippen LogP contribution in [-0.4, -0.2) is 46.8 Å². The Balaban J connectivity index is 0.000000100. The fourth-order valence-electron chi connectivity index (χ4n) is 13.5. The summed E-state index contributed by atoms with van der Waals surface area (Å²) in [5.74, 6) is 1.73. The molecule has 6 N–H and O–H groups in total. The molecule has 6 aromatic carbocycles. The van der Waals surface area contributed by atoms with Gasteiger partial charge in [-0.2, -0.15) is 0 Å². The van der Waals surface area contributed by atoms with E-state index in [0.717, 1.165) is 0 Å². The lowest BCUT2D eigenvalue weighted by molar-refractivity contribution is 0.233. The SMILES string of the molecule is NC1C2c3ccccc3C(c3ccccc32)C1N.NC1C2c3ccccc3C(c3ccccc32)C1n1ccnc1.c1ccc2c(c1)C1c3ccccc3C2C(n2ccnc2)C1n1ccnc1. The molecule has 0 fully saturated rings. The maximum atomic E-state index is 6.74. The van der Waals surface area contributed by atoms with Crippen molar-refractivity contribution in [2.45, 2.75) is 71.8 Å². The van der Waals surface area contributed by atoms with Crippen LogP contribution in [0, 0.1) is 0 Å². The molecular weight excluding hydrogens is 811 g/mol. The molecule has 9 nitrogen and oxygen atoms in total. The van der Waals surface area contributed by atoms with Crippen LogP contribution in [0.2, 0.25) is 0 Å². The number of hydrogen-bond acceptors (Lipinski definition) is 6. The third-order valence-corrected chi connectivity index (χ3v) is 16.0. The summed E-state index contributed by atoms with van der Waals surface area (Å²) < 4.78 is 6.76. The van der Waals surface area contributed by atoms with Crippen molar-refractivity contribution < 1.29 is 0 Å². The van der Waals surface area contributed by atoms with Crippen molar-refractivity contribution in [1.82, 2.24) is 28.7 Å². The second-order valence-corrected chi connectivity index (χ2v) is 18.9. The first-order valence-electron chi connectivity index (χ1n) is 23.3. The molecule has 9 aliphatic rings. The van der Waals surface area contributed by atoms with Crippen LogP contribution in [0.4, 0.5) is 0 Å². The maximum absolute atomic E-state index is 6.74. The highest BCUT2D eigenvalue weighted by atomic mass is 15.2. The Morgan fingerprint density at radius 1 is 0.273 bits per heavy atom. The molecule has 324 valence electrons. The highest BCUT2D eigenvalue weighted by Crippen LogP contribution is 2.62. The molecule has 66 heavy (non-hydrogen) atoms. The predicted molar refractivity (Wildman–Crippen MR) is 257 cm³/mol. The van der Waals surface area contributed by atoms with Gasteiger partial charge in [-0.25, -0.2) is 15.0 Å². The largest absolute Gasteiger partial charge is 0.332 e. The monoisotopic (exact) mass is 861 g/mol. The zero-order chi connectivity index (χ0) is 44.0. The van der Waals surface area contributed by atoms with Crippen molar-refractivity contribution in [3.8, 4) is 0 Å². The van der Waals surface area contributed by atoms with Crippen LogP contribution in [0.15, 0.2) is 202 Å². The van der Waals surface area contributed by atoms with E-state index >= 15 is 0 Å². The summed E-state index contributed by atoms with van der Waals surface area (Å²) in [5.41, 5.74) is 36.4. The van der Waals surface area contributed by atoms with Gasteiger partial charge in [-0.1, -0.05) is 146 Å². The number of benzene rings is 6. The van der Waals surface area contributed by atoms with Gasteiger partial charge in [-0.05, 0) is 66.8 Å². The summed E-state index contributed by atoms with van der Waals surface area (Å²) in [7, 11) is 0. The Bertz CT molecular complexity index is 2910. The van der Waals surface area contributed by atoms with Crippen LogP contribution >= 0.6 is 0 Å². The van der Waals surface area contributed by atoms with Crippen LogP contribution < -0.4 is 17.2 Å². The van der Waals surface area contributed by atoms with Crippen molar-refractivity contribution in [2.75, 3.05) is 0 Å².